The SMILES string of the molecule is NC(/C=C\c1n[nH]c(Cc2ccc(O)cc2)n1)=N\c1nc2ccc(Cl)cc2s1. The molecule has 0 bridgehead atoms. The zero-order valence-corrected chi connectivity index (χ0v) is 16.1. The standard InChI is InChI=1S/C19H15ClN6OS/c20-12-3-6-14-15(10-12)28-19(22-14)23-16(21)7-8-17-24-18(26-25-17)9-11-1-4-13(27)5-2-11/h1-8,10,27H,9H2,(H2,21,22,23)(H,24,25,26)/b8-7-. The number of aliphatic imine (C=N–C) groups is 1. The first kappa shape index (κ1) is 18.1. The molecule has 4 rings (SSSR count). The van der Waals surface area contributed by atoms with Crippen molar-refractivity contribution in [3.05, 3.63) is 70.8 Å². The third-order valence-corrected chi connectivity index (χ3v) is 4.97. The second-order valence-corrected chi connectivity index (χ2v) is 7.41. The Morgan fingerprint density at radius 1 is 1.21 bits per heavy atom. The summed E-state index contributed by atoms with van der Waals surface area (Å²) in [6.07, 6.45) is 3.89. The fourth-order valence-corrected chi connectivity index (χ4v) is 3.65. The van der Waals surface area contributed by atoms with Gasteiger partial charge in [-0.25, -0.2) is 15.0 Å². The summed E-state index contributed by atoms with van der Waals surface area (Å²) in [5.41, 5.74) is 7.81. The van der Waals surface area contributed by atoms with Crippen LogP contribution in [0.25, 0.3) is 16.3 Å². The molecule has 0 aliphatic rings. The Hall–Kier alpha value is -3.23. The Kier molecular flexibility index (Phi) is 5.05. The highest BCUT2D eigenvalue weighted by atomic mass is 35.5. The van der Waals surface area contributed by atoms with Gasteiger partial charge < -0.3 is 10.8 Å². The molecule has 0 unspecified atom stereocenters. The van der Waals surface area contributed by atoms with Gasteiger partial charge in [0.15, 0.2) is 5.82 Å². The van der Waals surface area contributed by atoms with E-state index in [1.54, 1.807) is 30.4 Å². The van der Waals surface area contributed by atoms with Crippen molar-refractivity contribution in [2.75, 3.05) is 0 Å². The quantitative estimate of drug-likeness (QED) is 0.339. The number of amidine groups is 1. The number of phenolic OH excluding ortho intramolecular Hbond substituents is 1. The number of nitrogens with one attached hydrogen (secondary N) is 1. The molecule has 0 radical (unpaired) electrons. The summed E-state index contributed by atoms with van der Waals surface area (Å²) >= 11 is 7.41. The number of benzene rings is 2. The largest absolute Gasteiger partial charge is 0.508 e. The smallest absolute Gasteiger partial charge is 0.212 e. The van der Waals surface area contributed by atoms with Crippen LogP contribution in [0, 0.1) is 0 Å². The van der Waals surface area contributed by atoms with Crippen molar-refractivity contribution in [3.63, 3.8) is 0 Å². The zero-order chi connectivity index (χ0) is 19.5. The summed E-state index contributed by atoms with van der Waals surface area (Å²) in [6, 6.07) is 12.4. The molecule has 140 valence electrons. The number of H-pyrrole nitrogens is 1. The number of aromatic hydroxyl groups is 1. The van der Waals surface area contributed by atoms with Crippen LogP contribution in [0.5, 0.6) is 5.75 Å². The van der Waals surface area contributed by atoms with Crippen LogP contribution in [0.1, 0.15) is 17.2 Å². The first-order chi connectivity index (χ1) is 13.5. The number of thiazole rings is 1. The van der Waals surface area contributed by atoms with E-state index < -0.39 is 0 Å². The van der Waals surface area contributed by atoms with E-state index in [0.717, 1.165) is 15.8 Å². The lowest BCUT2D eigenvalue weighted by atomic mass is 10.1. The molecule has 2 heterocycles. The lowest BCUT2D eigenvalue weighted by molar-refractivity contribution is 0.475. The number of hydrogen-bond donors (Lipinski definition) is 3. The summed E-state index contributed by atoms with van der Waals surface area (Å²) in [6.45, 7) is 0. The monoisotopic (exact) mass is 410 g/mol. The summed E-state index contributed by atoms with van der Waals surface area (Å²) in [5.74, 6) is 1.75. The Morgan fingerprint density at radius 3 is 2.86 bits per heavy atom. The third kappa shape index (κ3) is 4.36. The molecule has 0 aliphatic heterocycles. The molecule has 4 N–H and O–H groups in total. The fourth-order valence-electron chi connectivity index (χ4n) is 2.51. The van der Waals surface area contributed by atoms with Gasteiger partial charge in [0.25, 0.3) is 0 Å². The second-order valence-electron chi connectivity index (χ2n) is 5.96. The van der Waals surface area contributed by atoms with Crippen LogP contribution in [0.4, 0.5) is 5.13 Å². The van der Waals surface area contributed by atoms with Crippen LogP contribution < -0.4 is 5.73 Å². The number of hydrogen-bond acceptors (Lipinski definition) is 6. The van der Waals surface area contributed by atoms with Crippen LogP contribution in [0.2, 0.25) is 5.02 Å². The molecule has 9 heteroatoms. The molecule has 4 aromatic rings. The number of nitrogens with zero attached hydrogens (tertiary/aromatic N) is 4. The number of fused-ring (bicyclic) bond motifs is 1. The summed E-state index contributed by atoms with van der Waals surface area (Å²) < 4.78 is 0.955. The topological polar surface area (TPSA) is 113 Å². The molecule has 0 spiro atoms. The number of phenols is 1. The van der Waals surface area contributed by atoms with E-state index in [-0.39, 0.29) is 5.75 Å². The average molecular weight is 411 g/mol. The second kappa shape index (κ2) is 7.79. The highest BCUT2D eigenvalue weighted by Gasteiger charge is 2.05. The van der Waals surface area contributed by atoms with Gasteiger partial charge >= 0.3 is 0 Å². The van der Waals surface area contributed by atoms with Gasteiger partial charge in [0.2, 0.25) is 5.13 Å². The van der Waals surface area contributed by atoms with Crippen LogP contribution in [0.15, 0.2) is 53.5 Å². The Bertz CT molecular complexity index is 1180. The van der Waals surface area contributed by atoms with Gasteiger partial charge in [0.05, 0.1) is 10.2 Å². The van der Waals surface area contributed by atoms with Crippen molar-refractivity contribution in [2.45, 2.75) is 6.42 Å². The number of halogens is 1. The van der Waals surface area contributed by atoms with E-state index in [1.165, 1.54) is 11.3 Å². The molecular weight excluding hydrogens is 396 g/mol. The van der Waals surface area contributed by atoms with E-state index in [4.69, 9.17) is 17.3 Å². The van der Waals surface area contributed by atoms with Gasteiger partial charge in [-0.15, -0.1) is 0 Å². The summed E-state index contributed by atoms with van der Waals surface area (Å²) in [5, 5.41) is 17.6. The first-order valence-electron chi connectivity index (χ1n) is 8.33. The Morgan fingerprint density at radius 2 is 2.04 bits per heavy atom. The van der Waals surface area contributed by atoms with E-state index >= 15 is 0 Å². The van der Waals surface area contributed by atoms with E-state index in [2.05, 4.69) is 25.2 Å². The Balaban J connectivity index is 1.45. The maximum Gasteiger partial charge on any atom is 0.212 e. The molecule has 2 aromatic carbocycles. The number of aromatic nitrogens is 4. The van der Waals surface area contributed by atoms with Crippen LogP contribution >= 0.6 is 22.9 Å². The number of rotatable bonds is 5. The lowest BCUT2D eigenvalue weighted by Crippen LogP contribution is -2.06. The molecule has 0 amide bonds. The Labute approximate surface area is 169 Å². The molecule has 0 fully saturated rings. The fraction of sp³-hybridized carbons (Fsp3) is 0.0526. The van der Waals surface area contributed by atoms with Gasteiger partial charge in [-0.2, -0.15) is 5.10 Å². The molecule has 0 aliphatic carbocycles. The van der Waals surface area contributed by atoms with E-state index in [1.807, 2.05) is 24.3 Å². The molecule has 0 saturated carbocycles. The molecular formula is C19H15ClN6OS. The highest BCUT2D eigenvalue weighted by Crippen LogP contribution is 2.30. The summed E-state index contributed by atoms with van der Waals surface area (Å²) in [7, 11) is 0. The van der Waals surface area contributed by atoms with Crippen LogP contribution in [-0.4, -0.2) is 31.1 Å². The number of aromatic amines is 1. The zero-order valence-electron chi connectivity index (χ0n) is 14.5. The highest BCUT2D eigenvalue weighted by molar-refractivity contribution is 7.22. The predicted octanol–water partition coefficient (Wildman–Crippen LogP) is 4.07. The minimum atomic E-state index is 0.232. The van der Waals surface area contributed by atoms with E-state index in [0.29, 0.717) is 34.1 Å². The van der Waals surface area contributed by atoms with Crippen LogP contribution in [-0.2, 0) is 6.42 Å². The molecule has 28 heavy (non-hydrogen) atoms. The van der Waals surface area contributed by atoms with E-state index in [9.17, 15) is 5.11 Å². The van der Waals surface area contributed by atoms with Crippen molar-refractivity contribution in [2.24, 2.45) is 10.7 Å². The maximum absolute atomic E-state index is 9.33. The van der Waals surface area contributed by atoms with Crippen molar-refractivity contribution in [1.82, 2.24) is 20.2 Å². The number of nitrogens with two attached hydrogens (primary N) is 1. The van der Waals surface area contributed by atoms with Gasteiger partial charge in [-0.3, -0.25) is 5.10 Å². The minimum Gasteiger partial charge on any atom is -0.508 e. The maximum atomic E-state index is 9.33. The predicted molar refractivity (Wildman–Crippen MR) is 112 cm³/mol. The molecule has 0 atom stereocenters. The van der Waals surface area contributed by atoms with Crippen molar-refractivity contribution < 1.29 is 5.11 Å². The van der Waals surface area contributed by atoms with Crippen molar-refractivity contribution in [1.29, 1.82) is 0 Å². The van der Waals surface area contributed by atoms with Gasteiger partial charge in [0, 0.05) is 11.4 Å². The molecule has 7 nitrogen and oxygen atoms in total. The first-order valence-corrected chi connectivity index (χ1v) is 9.52. The van der Waals surface area contributed by atoms with Gasteiger partial charge in [-0.1, -0.05) is 35.1 Å². The minimum absolute atomic E-state index is 0.232. The van der Waals surface area contributed by atoms with Gasteiger partial charge in [-0.05, 0) is 48.0 Å². The average Bonchev–Trinajstić information content (AvgIpc) is 3.27. The van der Waals surface area contributed by atoms with Crippen molar-refractivity contribution in [3.8, 4) is 5.75 Å². The summed E-state index contributed by atoms with van der Waals surface area (Å²) in [4.78, 5) is 13.1. The normalized spacial score (nSPS) is 12.2. The van der Waals surface area contributed by atoms with Gasteiger partial charge in [0.1, 0.15) is 17.4 Å². The molecule has 0 saturated heterocycles. The molecule has 2 aromatic heterocycles. The third-order valence-electron chi connectivity index (χ3n) is 3.82. The van der Waals surface area contributed by atoms with Crippen LogP contribution in [0.3, 0.4) is 0 Å². The lowest BCUT2D eigenvalue weighted by Gasteiger charge is -1.97. The van der Waals surface area contributed by atoms with Crippen molar-refractivity contribution >= 4 is 50.2 Å².